The molecule has 0 radical (unpaired) electrons. The molecule has 6 heteroatoms. The van der Waals surface area contributed by atoms with Gasteiger partial charge in [0.15, 0.2) is 0 Å². The molecule has 2 rings (SSSR count). The molecule has 5 nitrogen and oxygen atoms in total. The fourth-order valence-corrected chi connectivity index (χ4v) is 3.80. The number of benzene rings is 1. The van der Waals surface area contributed by atoms with Crippen LogP contribution in [0.25, 0.3) is 6.08 Å². The maximum atomic E-state index is 12.0. The van der Waals surface area contributed by atoms with Crippen molar-refractivity contribution in [3.8, 4) is 5.75 Å². The molecule has 2 N–H and O–H groups in total. The third kappa shape index (κ3) is 6.86. The molecule has 1 aromatic carbocycles. The van der Waals surface area contributed by atoms with Crippen molar-refractivity contribution in [1.82, 2.24) is 10.6 Å². The second-order valence-corrected chi connectivity index (χ2v) is 7.68. The lowest BCUT2D eigenvalue weighted by molar-refractivity contribution is -0.122. The minimum atomic E-state index is -0.460. The molecule has 0 heterocycles. The third-order valence-corrected chi connectivity index (χ3v) is 5.44. The van der Waals surface area contributed by atoms with Crippen LogP contribution in [0.15, 0.2) is 23.8 Å². The molecule has 0 aromatic heterocycles. The largest absolute Gasteiger partial charge is 0.493 e. The van der Waals surface area contributed by atoms with Gasteiger partial charge in [-0.25, -0.2) is 0 Å². The van der Waals surface area contributed by atoms with Crippen LogP contribution >= 0.6 is 11.6 Å². The van der Waals surface area contributed by atoms with Crippen molar-refractivity contribution in [2.24, 2.45) is 5.92 Å². The monoisotopic (exact) mass is 406 g/mol. The molecule has 1 aliphatic carbocycles. The molecule has 0 spiro atoms. The highest BCUT2D eigenvalue weighted by Crippen LogP contribution is 2.28. The molecule has 1 aliphatic rings. The molecule has 1 fully saturated rings. The Morgan fingerprint density at radius 1 is 1.11 bits per heavy atom. The zero-order valence-corrected chi connectivity index (χ0v) is 17.6. The number of amides is 2. The maximum absolute atomic E-state index is 12.0. The van der Waals surface area contributed by atoms with Gasteiger partial charge in [-0.1, -0.05) is 50.1 Å². The summed E-state index contributed by atoms with van der Waals surface area (Å²) in [5, 5.41) is 5.49. The third-order valence-electron chi connectivity index (χ3n) is 5.20. The van der Waals surface area contributed by atoms with Gasteiger partial charge in [-0.3, -0.25) is 9.59 Å². The van der Waals surface area contributed by atoms with Crippen molar-refractivity contribution in [3.63, 3.8) is 0 Å². The van der Waals surface area contributed by atoms with Gasteiger partial charge < -0.3 is 15.4 Å². The Balaban J connectivity index is 1.99. The lowest BCUT2D eigenvalue weighted by Crippen LogP contribution is -2.31. The van der Waals surface area contributed by atoms with Crippen molar-refractivity contribution >= 4 is 29.5 Å². The molecule has 1 saturated carbocycles. The van der Waals surface area contributed by atoms with Crippen molar-refractivity contribution in [2.75, 3.05) is 20.7 Å². The van der Waals surface area contributed by atoms with Crippen LogP contribution in [0.4, 0.5) is 0 Å². The first-order chi connectivity index (χ1) is 13.5. The Hall–Kier alpha value is -2.01. The Morgan fingerprint density at radius 3 is 2.43 bits per heavy atom. The summed E-state index contributed by atoms with van der Waals surface area (Å²) in [6, 6.07) is 5.22. The van der Waals surface area contributed by atoms with Crippen LogP contribution in [0.3, 0.4) is 0 Å². The molecule has 0 aliphatic heterocycles. The average Bonchev–Trinajstić information content (AvgIpc) is 2.72. The van der Waals surface area contributed by atoms with E-state index in [0.29, 0.717) is 22.9 Å². The van der Waals surface area contributed by atoms with E-state index in [0.717, 1.165) is 18.8 Å². The van der Waals surface area contributed by atoms with Gasteiger partial charge in [0.1, 0.15) is 11.3 Å². The van der Waals surface area contributed by atoms with Crippen LogP contribution in [0.2, 0.25) is 5.02 Å². The SMILES string of the molecule is CNC(=O)C(=Cc1cc(Cl)ccc1OCCCCC1CCCCC1)C(=O)NC. The lowest BCUT2D eigenvalue weighted by atomic mass is 9.86. The van der Waals surface area contributed by atoms with Crippen LogP contribution in [0, 0.1) is 5.92 Å². The lowest BCUT2D eigenvalue weighted by Gasteiger charge is -2.21. The number of hydrogen-bond donors (Lipinski definition) is 2. The summed E-state index contributed by atoms with van der Waals surface area (Å²) in [7, 11) is 2.97. The van der Waals surface area contributed by atoms with Crippen LogP contribution < -0.4 is 15.4 Å². The molecule has 0 saturated heterocycles. The maximum Gasteiger partial charge on any atom is 0.256 e. The van der Waals surface area contributed by atoms with Gasteiger partial charge in [0.05, 0.1) is 6.61 Å². The van der Waals surface area contributed by atoms with Gasteiger partial charge in [0.2, 0.25) is 0 Å². The van der Waals surface area contributed by atoms with Crippen LogP contribution in [0.5, 0.6) is 5.75 Å². The number of nitrogens with one attached hydrogen (secondary N) is 2. The van der Waals surface area contributed by atoms with Gasteiger partial charge in [-0.2, -0.15) is 0 Å². The summed E-state index contributed by atoms with van der Waals surface area (Å²) in [6.07, 6.45) is 11.8. The minimum absolute atomic E-state index is 0.00872. The van der Waals surface area contributed by atoms with E-state index in [9.17, 15) is 9.59 Å². The van der Waals surface area contributed by atoms with Crippen LogP contribution in [0.1, 0.15) is 56.9 Å². The standard InChI is InChI=1S/C22H31ClN2O3/c1-24-21(26)19(22(27)25-2)15-17-14-18(23)11-12-20(17)28-13-7-6-10-16-8-4-3-5-9-16/h11-12,14-16H,3-10,13H2,1-2H3,(H,24,26)(H,25,27). The Morgan fingerprint density at radius 2 is 1.79 bits per heavy atom. The molecule has 0 bridgehead atoms. The number of likely N-dealkylation sites (N-methyl/N-ethyl adjacent to an activating group) is 2. The normalized spacial score (nSPS) is 14.2. The van der Waals surface area contributed by atoms with E-state index in [1.54, 1.807) is 18.2 Å². The first-order valence-electron chi connectivity index (χ1n) is 10.1. The molecule has 28 heavy (non-hydrogen) atoms. The summed E-state index contributed by atoms with van der Waals surface area (Å²) in [4.78, 5) is 24.1. The van der Waals surface area contributed by atoms with Crippen molar-refractivity contribution in [2.45, 2.75) is 51.4 Å². The minimum Gasteiger partial charge on any atom is -0.493 e. The van der Waals surface area contributed by atoms with E-state index >= 15 is 0 Å². The summed E-state index contributed by atoms with van der Waals surface area (Å²) in [6.45, 7) is 0.602. The van der Waals surface area contributed by atoms with Crippen LogP contribution in [-0.4, -0.2) is 32.5 Å². The van der Waals surface area contributed by atoms with E-state index in [2.05, 4.69) is 10.6 Å². The van der Waals surface area contributed by atoms with Crippen molar-refractivity contribution in [1.29, 1.82) is 0 Å². The van der Waals surface area contributed by atoms with Crippen molar-refractivity contribution in [3.05, 3.63) is 34.4 Å². The molecular formula is C22H31ClN2O3. The highest BCUT2D eigenvalue weighted by atomic mass is 35.5. The van der Waals surface area contributed by atoms with Gasteiger partial charge in [0, 0.05) is 24.7 Å². The van der Waals surface area contributed by atoms with Crippen LogP contribution in [-0.2, 0) is 9.59 Å². The Kier molecular flexibility index (Phi) is 9.35. The quantitative estimate of drug-likeness (QED) is 0.277. The number of carbonyl (C=O) groups is 2. The summed E-state index contributed by atoms with van der Waals surface area (Å²) in [5.41, 5.74) is 0.622. The number of unbranched alkanes of at least 4 members (excludes halogenated alkanes) is 1. The Bertz CT molecular complexity index is 679. The second kappa shape index (κ2) is 11.7. The molecule has 2 amide bonds. The highest BCUT2D eigenvalue weighted by molar-refractivity contribution is 6.31. The fourth-order valence-electron chi connectivity index (χ4n) is 3.62. The topological polar surface area (TPSA) is 67.4 Å². The highest BCUT2D eigenvalue weighted by Gasteiger charge is 2.17. The first kappa shape index (κ1) is 22.3. The molecule has 154 valence electrons. The van der Waals surface area contributed by atoms with Gasteiger partial charge in [-0.15, -0.1) is 0 Å². The fraction of sp³-hybridized carbons (Fsp3) is 0.545. The molecular weight excluding hydrogens is 376 g/mol. The summed E-state index contributed by atoms with van der Waals surface area (Å²) in [5.74, 6) is 0.577. The molecule has 1 aromatic rings. The van der Waals surface area contributed by atoms with Gasteiger partial charge in [0.25, 0.3) is 11.8 Å². The van der Waals surface area contributed by atoms with Crippen molar-refractivity contribution < 1.29 is 14.3 Å². The predicted molar refractivity (Wildman–Crippen MR) is 113 cm³/mol. The smallest absolute Gasteiger partial charge is 0.256 e. The number of hydrogen-bond acceptors (Lipinski definition) is 3. The Labute approximate surface area is 172 Å². The van der Waals surface area contributed by atoms with E-state index in [-0.39, 0.29) is 5.57 Å². The second-order valence-electron chi connectivity index (χ2n) is 7.25. The van der Waals surface area contributed by atoms with E-state index < -0.39 is 11.8 Å². The first-order valence-corrected chi connectivity index (χ1v) is 10.5. The average molecular weight is 407 g/mol. The zero-order valence-electron chi connectivity index (χ0n) is 16.9. The van der Waals surface area contributed by atoms with Gasteiger partial charge in [-0.05, 0) is 43.0 Å². The number of halogens is 1. The summed E-state index contributed by atoms with van der Waals surface area (Å²) >= 11 is 6.11. The predicted octanol–water partition coefficient (Wildman–Crippen LogP) is 4.34. The number of carbonyl (C=O) groups excluding carboxylic acids is 2. The van der Waals surface area contributed by atoms with Gasteiger partial charge >= 0.3 is 0 Å². The van der Waals surface area contributed by atoms with E-state index in [1.807, 2.05) is 0 Å². The van der Waals surface area contributed by atoms with E-state index in [1.165, 1.54) is 58.7 Å². The zero-order chi connectivity index (χ0) is 20.4. The number of ether oxygens (including phenoxy) is 1. The molecule has 0 atom stereocenters. The van der Waals surface area contributed by atoms with E-state index in [4.69, 9.17) is 16.3 Å². The molecule has 0 unspecified atom stereocenters. The summed E-state index contributed by atoms with van der Waals surface area (Å²) < 4.78 is 5.94. The number of rotatable bonds is 9.